The molecule has 0 bridgehead atoms. The van der Waals surface area contributed by atoms with E-state index >= 15 is 0 Å². The molecule has 1 amide bonds. The van der Waals surface area contributed by atoms with Crippen LogP contribution in [0.3, 0.4) is 0 Å². The number of rotatable bonds is 8. The first-order chi connectivity index (χ1) is 9.94. The van der Waals surface area contributed by atoms with Gasteiger partial charge in [-0.15, -0.1) is 0 Å². The molecule has 118 valence electrons. The highest BCUT2D eigenvalue weighted by atomic mass is 32.2. The van der Waals surface area contributed by atoms with Gasteiger partial charge in [0.15, 0.2) is 0 Å². The van der Waals surface area contributed by atoms with Crippen molar-refractivity contribution >= 4 is 39.1 Å². The van der Waals surface area contributed by atoms with Gasteiger partial charge in [0.25, 0.3) is 0 Å². The van der Waals surface area contributed by atoms with Crippen molar-refractivity contribution in [1.82, 2.24) is 4.72 Å². The van der Waals surface area contributed by atoms with E-state index in [9.17, 15) is 13.2 Å². The molecular formula is C13H21N3O3S2. The average molecular weight is 331 g/mol. The smallest absolute Gasteiger partial charge is 0.240 e. The quantitative estimate of drug-likeness (QED) is 0.631. The van der Waals surface area contributed by atoms with Crippen LogP contribution in [-0.2, 0) is 14.8 Å². The molecule has 1 rings (SSSR count). The van der Waals surface area contributed by atoms with Gasteiger partial charge in [-0.1, -0.05) is 6.92 Å². The summed E-state index contributed by atoms with van der Waals surface area (Å²) < 4.78 is 25.9. The lowest BCUT2D eigenvalue weighted by atomic mass is 10.2. The zero-order valence-corrected chi connectivity index (χ0v) is 14.0. The van der Waals surface area contributed by atoms with Crippen LogP contribution in [0.15, 0.2) is 23.1 Å². The number of hydrogen-bond donors (Lipinski definition) is 3. The second-order valence-corrected chi connectivity index (χ2v) is 7.44. The van der Waals surface area contributed by atoms with E-state index in [1.807, 2.05) is 6.92 Å². The number of carbonyl (C=O) groups is 1. The summed E-state index contributed by atoms with van der Waals surface area (Å²) in [4.78, 5) is 12.0. The van der Waals surface area contributed by atoms with Gasteiger partial charge in [-0.2, -0.15) is 11.8 Å². The molecule has 0 heterocycles. The summed E-state index contributed by atoms with van der Waals surface area (Å²) >= 11 is 1.69. The topological polar surface area (TPSA) is 87.3 Å². The van der Waals surface area contributed by atoms with E-state index in [-0.39, 0.29) is 10.8 Å². The second-order valence-electron chi connectivity index (χ2n) is 4.16. The number of anilines is 2. The maximum atomic E-state index is 11.9. The van der Waals surface area contributed by atoms with E-state index < -0.39 is 10.0 Å². The van der Waals surface area contributed by atoms with Crippen molar-refractivity contribution in [3.05, 3.63) is 18.2 Å². The highest BCUT2D eigenvalue weighted by Crippen LogP contribution is 2.25. The van der Waals surface area contributed by atoms with Gasteiger partial charge in [0.1, 0.15) is 0 Å². The normalized spacial score (nSPS) is 11.2. The fraction of sp³-hybridized carbons (Fsp3) is 0.462. The Balaban J connectivity index is 2.93. The number of nitrogens with one attached hydrogen (secondary N) is 3. The predicted octanol–water partition coefficient (Wildman–Crippen LogP) is 1.72. The van der Waals surface area contributed by atoms with Gasteiger partial charge >= 0.3 is 0 Å². The van der Waals surface area contributed by atoms with Crippen LogP contribution < -0.4 is 15.4 Å². The van der Waals surface area contributed by atoms with E-state index in [1.54, 1.807) is 24.9 Å². The van der Waals surface area contributed by atoms with Crippen LogP contribution in [0.1, 0.15) is 13.3 Å². The van der Waals surface area contributed by atoms with Crippen LogP contribution in [-0.4, -0.2) is 39.9 Å². The first-order valence-electron chi connectivity index (χ1n) is 6.57. The molecule has 0 aliphatic carbocycles. The van der Waals surface area contributed by atoms with Crippen molar-refractivity contribution in [2.75, 3.05) is 36.2 Å². The summed E-state index contributed by atoms with van der Waals surface area (Å²) in [7, 11) is -0.474. The minimum absolute atomic E-state index is 0.113. The summed E-state index contributed by atoms with van der Waals surface area (Å²) in [5, 5.41) is 5.68. The van der Waals surface area contributed by atoms with Gasteiger partial charge in [-0.25, -0.2) is 13.1 Å². The third-order valence-electron chi connectivity index (χ3n) is 2.79. The van der Waals surface area contributed by atoms with Gasteiger partial charge in [-0.05, 0) is 31.0 Å². The number of thioether (sulfide) groups is 1. The van der Waals surface area contributed by atoms with Gasteiger partial charge in [0, 0.05) is 19.2 Å². The van der Waals surface area contributed by atoms with Gasteiger partial charge in [-0.3, -0.25) is 4.79 Å². The molecule has 0 aliphatic heterocycles. The minimum atomic E-state index is -3.54. The minimum Gasteiger partial charge on any atom is -0.386 e. The Labute approximate surface area is 130 Å². The first kappa shape index (κ1) is 17.8. The number of hydrogen-bond acceptors (Lipinski definition) is 5. The second kappa shape index (κ2) is 8.26. The molecular weight excluding hydrogens is 310 g/mol. The van der Waals surface area contributed by atoms with Crippen molar-refractivity contribution < 1.29 is 13.2 Å². The van der Waals surface area contributed by atoms with Crippen LogP contribution in [0.25, 0.3) is 0 Å². The van der Waals surface area contributed by atoms with E-state index in [0.717, 1.165) is 11.5 Å². The van der Waals surface area contributed by atoms with Crippen LogP contribution in [0.2, 0.25) is 0 Å². The van der Waals surface area contributed by atoms with Crippen molar-refractivity contribution in [2.45, 2.75) is 18.2 Å². The molecule has 0 aromatic heterocycles. The van der Waals surface area contributed by atoms with Crippen LogP contribution >= 0.6 is 11.8 Å². The highest BCUT2D eigenvalue weighted by molar-refractivity contribution is 7.99. The largest absolute Gasteiger partial charge is 0.386 e. The third kappa shape index (κ3) is 5.22. The molecule has 6 nitrogen and oxygen atoms in total. The fourth-order valence-corrected chi connectivity index (χ4v) is 3.03. The Hall–Kier alpha value is -1.25. The molecule has 8 heteroatoms. The molecule has 21 heavy (non-hydrogen) atoms. The number of carbonyl (C=O) groups excluding carboxylic acids is 1. The van der Waals surface area contributed by atoms with Crippen LogP contribution in [0.5, 0.6) is 0 Å². The Morgan fingerprint density at radius 3 is 2.52 bits per heavy atom. The lowest BCUT2D eigenvalue weighted by Gasteiger charge is -2.13. The summed E-state index contributed by atoms with van der Waals surface area (Å²) in [6.07, 6.45) is 0.394. The van der Waals surface area contributed by atoms with E-state index in [0.29, 0.717) is 17.8 Å². The SMILES string of the molecule is CCSCCC(=O)Nc1cc(S(=O)(=O)NC)ccc1NC. The number of amides is 1. The van der Waals surface area contributed by atoms with E-state index in [4.69, 9.17) is 0 Å². The average Bonchev–Trinajstić information content (AvgIpc) is 2.47. The van der Waals surface area contributed by atoms with E-state index in [2.05, 4.69) is 15.4 Å². The molecule has 0 saturated carbocycles. The van der Waals surface area contributed by atoms with E-state index in [1.165, 1.54) is 19.2 Å². The lowest BCUT2D eigenvalue weighted by molar-refractivity contribution is -0.115. The highest BCUT2D eigenvalue weighted by Gasteiger charge is 2.15. The van der Waals surface area contributed by atoms with Gasteiger partial charge < -0.3 is 10.6 Å². The summed E-state index contributed by atoms with van der Waals surface area (Å²) in [6, 6.07) is 4.56. The molecule has 0 fully saturated rings. The molecule has 0 radical (unpaired) electrons. The van der Waals surface area contributed by atoms with Crippen LogP contribution in [0.4, 0.5) is 11.4 Å². The molecule has 0 unspecified atom stereocenters. The molecule has 0 aliphatic rings. The maximum absolute atomic E-state index is 11.9. The number of sulfonamides is 1. The first-order valence-corrected chi connectivity index (χ1v) is 9.21. The maximum Gasteiger partial charge on any atom is 0.240 e. The summed E-state index contributed by atoms with van der Waals surface area (Å²) in [6.45, 7) is 2.04. The zero-order valence-electron chi connectivity index (χ0n) is 12.4. The summed E-state index contributed by atoms with van der Waals surface area (Å²) in [5.74, 6) is 1.57. The Morgan fingerprint density at radius 1 is 1.24 bits per heavy atom. The summed E-state index contributed by atoms with van der Waals surface area (Å²) in [5.41, 5.74) is 1.13. The Bertz CT molecular complexity index is 588. The van der Waals surface area contributed by atoms with Crippen molar-refractivity contribution in [3.8, 4) is 0 Å². The predicted molar refractivity (Wildman–Crippen MR) is 88.5 cm³/mol. The monoisotopic (exact) mass is 331 g/mol. The Morgan fingerprint density at radius 2 is 1.95 bits per heavy atom. The molecule has 1 aromatic rings. The van der Waals surface area contributed by atoms with Crippen LogP contribution in [0, 0.1) is 0 Å². The van der Waals surface area contributed by atoms with Crippen molar-refractivity contribution in [1.29, 1.82) is 0 Å². The fourth-order valence-electron chi connectivity index (χ4n) is 1.65. The van der Waals surface area contributed by atoms with Crippen molar-refractivity contribution in [3.63, 3.8) is 0 Å². The molecule has 0 atom stereocenters. The zero-order chi connectivity index (χ0) is 15.9. The van der Waals surface area contributed by atoms with Crippen molar-refractivity contribution in [2.24, 2.45) is 0 Å². The van der Waals surface area contributed by atoms with Gasteiger partial charge in [0.05, 0.1) is 16.3 Å². The number of benzene rings is 1. The molecule has 0 saturated heterocycles. The Kier molecular flexibility index (Phi) is 7.00. The molecule has 1 aromatic carbocycles. The third-order valence-corrected chi connectivity index (χ3v) is 5.10. The molecule has 3 N–H and O–H groups in total. The van der Waals surface area contributed by atoms with Gasteiger partial charge in [0.2, 0.25) is 15.9 Å². The standard InChI is InChI=1S/C13H21N3O3S2/c1-4-20-8-7-13(17)16-12-9-10(21(18,19)15-3)5-6-11(12)14-2/h5-6,9,14-15H,4,7-8H2,1-3H3,(H,16,17). The lowest BCUT2D eigenvalue weighted by Crippen LogP contribution is -2.19. The molecule has 0 spiro atoms.